The van der Waals surface area contributed by atoms with Crippen LogP contribution in [0.25, 0.3) is 0 Å². The van der Waals surface area contributed by atoms with Gasteiger partial charge >= 0.3 is 0 Å². The normalized spacial score (nSPS) is 15.3. The lowest BCUT2D eigenvalue weighted by atomic mass is 10.2. The van der Waals surface area contributed by atoms with Crippen LogP contribution < -0.4 is 15.5 Å². The Morgan fingerprint density at radius 3 is 2.19 bits per heavy atom. The Labute approximate surface area is 125 Å². The zero-order chi connectivity index (χ0) is 14.8. The first kappa shape index (κ1) is 13.7. The van der Waals surface area contributed by atoms with Crippen molar-refractivity contribution in [2.75, 3.05) is 41.7 Å². The maximum absolute atomic E-state index is 5.96. The molecule has 0 saturated carbocycles. The number of piperazine rings is 1. The summed E-state index contributed by atoms with van der Waals surface area (Å²) in [6, 6.07) is 10.5. The molecule has 0 bridgehead atoms. The van der Waals surface area contributed by atoms with Gasteiger partial charge in [0, 0.05) is 37.4 Å². The fraction of sp³-hybridized carbons (Fsp3) is 0.375. The zero-order valence-electron chi connectivity index (χ0n) is 12.6. The number of aromatic nitrogens is 2. The van der Waals surface area contributed by atoms with E-state index in [1.807, 2.05) is 13.8 Å². The molecule has 0 amide bonds. The Morgan fingerprint density at radius 2 is 1.52 bits per heavy atom. The molecular formula is C16H21N5. The highest BCUT2D eigenvalue weighted by Crippen LogP contribution is 2.24. The van der Waals surface area contributed by atoms with Gasteiger partial charge in [-0.05, 0) is 26.0 Å². The number of nitrogens with two attached hydrogens (primary N) is 1. The predicted octanol–water partition coefficient (Wildman–Crippen LogP) is 2.00. The number of nitrogen functional groups attached to an aromatic ring is 1. The lowest BCUT2D eigenvalue weighted by Gasteiger charge is -2.37. The molecule has 5 nitrogen and oxygen atoms in total. The van der Waals surface area contributed by atoms with Crippen LogP contribution >= 0.6 is 0 Å². The summed E-state index contributed by atoms with van der Waals surface area (Å²) in [5.74, 6) is 2.30. The quantitative estimate of drug-likeness (QED) is 0.913. The maximum atomic E-state index is 5.96. The first-order chi connectivity index (χ1) is 10.1. The van der Waals surface area contributed by atoms with Gasteiger partial charge in [0.05, 0.1) is 0 Å². The standard InChI is InChI=1S/C16H21N5/c1-12-15(17)18-13(2)19-16(12)21-10-8-20(9-11-21)14-6-4-3-5-7-14/h3-7H,8-11H2,1-2H3,(H2,17,18,19). The summed E-state index contributed by atoms with van der Waals surface area (Å²) in [6.45, 7) is 7.77. The van der Waals surface area contributed by atoms with E-state index >= 15 is 0 Å². The van der Waals surface area contributed by atoms with Gasteiger partial charge in [-0.2, -0.15) is 0 Å². The van der Waals surface area contributed by atoms with E-state index in [1.165, 1.54) is 5.69 Å². The van der Waals surface area contributed by atoms with Crippen molar-refractivity contribution in [2.24, 2.45) is 0 Å². The molecule has 2 aromatic rings. The largest absolute Gasteiger partial charge is 0.383 e. The first-order valence-corrected chi connectivity index (χ1v) is 7.31. The van der Waals surface area contributed by atoms with Gasteiger partial charge in [0.25, 0.3) is 0 Å². The summed E-state index contributed by atoms with van der Waals surface area (Å²) in [6.07, 6.45) is 0. The van der Waals surface area contributed by atoms with Gasteiger partial charge in [-0.3, -0.25) is 0 Å². The molecule has 0 radical (unpaired) electrons. The van der Waals surface area contributed by atoms with Gasteiger partial charge in [-0.1, -0.05) is 18.2 Å². The Morgan fingerprint density at radius 1 is 0.905 bits per heavy atom. The van der Waals surface area contributed by atoms with Crippen LogP contribution in [0.2, 0.25) is 0 Å². The van der Waals surface area contributed by atoms with Gasteiger partial charge in [-0.15, -0.1) is 0 Å². The van der Waals surface area contributed by atoms with Crippen molar-refractivity contribution in [1.82, 2.24) is 9.97 Å². The highest BCUT2D eigenvalue weighted by Gasteiger charge is 2.20. The van der Waals surface area contributed by atoms with Crippen LogP contribution in [0.15, 0.2) is 30.3 Å². The van der Waals surface area contributed by atoms with E-state index in [4.69, 9.17) is 5.73 Å². The van der Waals surface area contributed by atoms with Crippen molar-refractivity contribution in [1.29, 1.82) is 0 Å². The molecule has 110 valence electrons. The summed E-state index contributed by atoms with van der Waals surface area (Å²) in [7, 11) is 0. The van der Waals surface area contributed by atoms with Crippen LogP contribution in [0.5, 0.6) is 0 Å². The number of aryl methyl sites for hydroxylation is 1. The molecule has 5 heteroatoms. The lowest BCUT2D eigenvalue weighted by molar-refractivity contribution is 0.644. The van der Waals surface area contributed by atoms with Crippen LogP contribution in [0.1, 0.15) is 11.4 Å². The Kier molecular flexibility index (Phi) is 3.64. The molecule has 1 aliphatic heterocycles. The molecule has 2 heterocycles. The molecule has 1 saturated heterocycles. The van der Waals surface area contributed by atoms with E-state index in [2.05, 4.69) is 50.1 Å². The molecule has 0 unspecified atom stereocenters. The minimum atomic E-state index is 0.586. The Hall–Kier alpha value is -2.30. The van der Waals surface area contributed by atoms with E-state index in [9.17, 15) is 0 Å². The van der Waals surface area contributed by atoms with Crippen molar-refractivity contribution in [3.63, 3.8) is 0 Å². The zero-order valence-corrected chi connectivity index (χ0v) is 12.6. The summed E-state index contributed by atoms with van der Waals surface area (Å²) >= 11 is 0. The molecule has 0 spiro atoms. The fourth-order valence-corrected chi connectivity index (χ4v) is 2.76. The molecule has 1 aromatic heterocycles. The summed E-state index contributed by atoms with van der Waals surface area (Å²) in [5.41, 5.74) is 8.22. The topological polar surface area (TPSA) is 58.3 Å². The second-order valence-corrected chi connectivity index (χ2v) is 5.41. The maximum Gasteiger partial charge on any atom is 0.137 e. The van der Waals surface area contributed by atoms with Crippen LogP contribution in [-0.4, -0.2) is 36.1 Å². The first-order valence-electron chi connectivity index (χ1n) is 7.31. The number of nitrogens with zero attached hydrogens (tertiary/aromatic N) is 4. The minimum Gasteiger partial charge on any atom is -0.383 e. The van der Waals surface area contributed by atoms with E-state index in [0.29, 0.717) is 5.82 Å². The third-order valence-electron chi connectivity index (χ3n) is 3.97. The molecule has 3 rings (SSSR count). The SMILES string of the molecule is Cc1nc(N)c(C)c(N2CCN(c3ccccc3)CC2)n1. The van der Waals surface area contributed by atoms with Crippen molar-refractivity contribution in [2.45, 2.75) is 13.8 Å². The highest BCUT2D eigenvalue weighted by atomic mass is 15.3. The van der Waals surface area contributed by atoms with Gasteiger partial charge in [0.1, 0.15) is 17.5 Å². The Balaban J connectivity index is 1.74. The van der Waals surface area contributed by atoms with Gasteiger partial charge in [0.15, 0.2) is 0 Å². The van der Waals surface area contributed by atoms with E-state index in [0.717, 1.165) is 43.4 Å². The molecular weight excluding hydrogens is 262 g/mol. The highest BCUT2D eigenvalue weighted by molar-refractivity contribution is 5.58. The number of benzene rings is 1. The van der Waals surface area contributed by atoms with Crippen molar-refractivity contribution in [3.05, 3.63) is 41.7 Å². The van der Waals surface area contributed by atoms with E-state index in [1.54, 1.807) is 0 Å². The lowest BCUT2D eigenvalue weighted by Crippen LogP contribution is -2.47. The van der Waals surface area contributed by atoms with Crippen molar-refractivity contribution in [3.8, 4) is 0 Å². The molecule has 1 fully saturated rings. The van der Waals surface area contributed by atoms with Crippen LogP contribution in [-0.2, 0) is 0 Å². The van der Waals surface area contributed by atoms with Crippen molar-refractivity contribution < 1.29 is 0 Å². The molecule has 21 heavy (non-hydrogen) atoms. The minimum absolute atomic E-state index is 0.586. The van der Waals surface area contributed by atoms with Gasteiger partial charge in [-0.25, -0.2) is 9.97 Å². The second-order valence-electron chi connectivity index (χ2n) is 5.41. The van der Waals surface area contributed by atoms with Crippen LogP contribution in [0, 0.1) is 13.8 Å². The molecule has 1 aliphatic rings. The van der Waals surface area contributed by atoms with Gasteiger partial charge in [0.2, 0.25) is 0 Å². The number of para-hydroxylation sites is 1. The third kappa shape index (κ3) is 2.77. The summed E-state index contributed by atoms with van der Waals surface area (Å²) in [5, 5.41) is 0. The predicted molar refractivity (Wildman–Crippen MR) is 86.8 cm³/mol. The number of rotatable bonds is 2. The van der Waals surface area contributed by atoms with E-state index in [-0.39, 0.29) is 0 Å². The summed E-state index contributed by atoms with van der Waals surface area (Å²) in [4.78, 5) is 13.5. The second kappa shape index (κ2) is 5.60. The smallest absolute Gasteiger partial charge is 0.137 e. The van der Waals surface area contributed by atoms with Crippen LogP contribution in [0.4, 0.5) is 17.3 Å². The monoisotopic (exact) mass is 283 g/mol. The van der Waals surface area contributed by atoms with E-state index < -0.39 is 0 Å². The average molecular weight is 283 g/mol. The van der Waals surface area contributed by atoms with Gasteiger partial charge < -0.3 is 15.5 Å². The number of hydrogen-bond donors (Lipinski definition) is 1. The summed E-state index contributed by atoms with van der Waals surface area (Å²) < 4.78 is 0. The van der Waals surface area contributed by atoms with Crippen LogP contribution in [0.3, 0.4) is 0 Å². The molecule has 0 atom stereocenters. The Bertz CT molecular complexity index is 618. The number of anilines is 3. The third-order valence-corrected chi connectivity index (χ3v) is 3.97. The molecule has 0 aliphatic carbocycles. The van der Waals surface area contributed by atoms with Crippen molar-refractivity contribution >= 4 is 17.3 Å². The molecule has 2 N–H and O–H groups in total. The average Bonchev–Trinajstić information content (AvgIpc) is 2.52. The molecule has 1 aromatic carbocycles. The number of hydrogen-bond acceptors (Lipinski definition) is 5. The fourth-order valence-electron chi connectivity index (χ4n) is 2.76.